The molecule has 0 aliphatic carbocycles. The van der Waals surface area contributed by atoms with Crippen molar-refractivity contribution >= 4 is 17.6 Å². The molecule has 0 unspecified atom stereocenters. The van der Waals surface area contributed by atoms with Gasteiger partial charge in [0.15, 0.2) is 11.5 Å². The highest BCUT2D eigenvalue weighted by Gasteiger charge is 2.34. The highest BCUT2D eigenvalue weighted by Crippen LogP contribution is 2.43. The molecule has 3 aromatic rings. The Labute approximate surface area is 181 Å². The van der Waals surface area contributed by atoms with Crippen LogP contribution in [0, 0.1) is 0 Å². The number of aromatic nitrogens is 3. The quantitative estimate of drug-likeness (QED) is 0.420. The van der Waals surface area contributed by atoms with Gasteiger partial charge in [-0.15, -0.1) is 0 Å². The first-order valence-corrected chi connectivity index (χ1v) is 10.1. The molecule has 7 heteroatoms. The second-order valence-electron chi connectivity index (χ2n) is 7.87. The van der Waals surface area contributed by atoms with Crippen molar-refractivity contribution in [2.75, 3.05) is 13.7 Å². The van der Waals surface area contributed by atoms with E-state index in [0.29, 0.717) is 41.5 Å². The lowest BCUT2D eigenvalue weighted by Crippen LogP contribution is -2.24. The summed E-state index contributed by atoms with van der Waals surface area (Å²) < 4.78 is 18.8. The van der Waals surface area contributed by atoms with E-state index >= 15 is 0 Å². The van der Waals surface area contributed by atoms with Crippen LogP contribution < -0.4 is 14.2 Å². The van der Waals surface area contributed by atoms with Gasteiger partial charge in [0, 0.05) is 23.1 Å². The van der Waals surface area contributed by atoms with Crippen molar-refractivity contribution in [3.8, 4) is 17.2 Å². The van der Waals surface area contributed by atoms with E-state index in [-0.39, 0.29) is 11.4 Å². The Kier molecular flexibility index (Phi) is 5.50. The van der Waals surface area contributed by atoms with E-state index in [0.717, 1.165) is 11.1 Å². The second kappa shape index (κ2) is 8.26. The van der Waals surface area contributed by atoms with Crippen molar-refractivity contribution in [2.45, 2.75) is 32.8 Å². The third kappa shape index (κ3) is 4.17. The topological polar surface area (TPSA) is 75.5 Å². The number of ketones is 1. The molecule has 0 bridgehead atoms. The summed E-state index contributed by atoms with van der Waals surface area (Å²) in [5.74, 6) is 1.74. The van der Waals surface area contributed by atoms with Gasteiger partial charge in [-0.2, -0.15) is 5.10 Å². The molecule has 0 radical (unpaired) electrons. The SMILES string of the molecule is CCOc1cc(C(=O)C(=Cc2ccccc2OC)n2cncn2)cc2c1OC(C)(C)C2. The second-order valence-corrected chi connectivity index (χ2v) is 7.87. The van der Waals surface area contributed by atoms with Gasteiger partial charge in [0.2, 0.25) is 5.78 Å². The van der Waals surface area contributed by atoms with Crippen LogP contribution in [0.5, 0.6) is 17.2 Å². The van der Waals surface area contributed by atoms with Gasteiger partial charge in [-0.3, -0.25) is 4.79 Å². The average Bonchev–Trinajstić information content (AvgIpc) is 3.38. The molecule has 1 aliphatic heterocycles. The number of Topliss-reactive ketones (excluding diaryl/α,β-unsaturated/α-hetero) is 1. The molecule has 160 valence electrons. The molecule has 2 aromatic carbocycles. The summed E-state index contributed by atoms with van der Waals surface area (Å²) in [6.45, 7) is 6.42. The van der Waals surface area contributed by atoms with Crippen LogP contribution in [0.4, 0.5) is 0 Å². The van der Waals surface area contributed by atoms with Crippen LogP contribution in [0.2, 0.25) is 0 Å². The van der Waals surface area contributed by atoms with Crippen LogP contribution in [-0.2, 0) is 6.42 Å². The molecule has 1 aromatic heterocycles. The zero-order chi connectivity index (χ0) is 22.0. The van der Waals surface area contributed by atoms with E-state index in [4.69, 9.17) is 14.2 Å². The summed E-state index contributed by atoms with van der Waals surface area (Å²) in [5.41, 5.74) is 2.22. The van der Waals surface area contributed by atoms with Gasteiger partial charge in [0.05, 0.1) is 13.7 Å². The molecule has 0 amide bonds. The van der Waals surface area contributed by atoms with Crippen LogP contribution >= 0.6 is 0 Å². The van der Waals surface area contributed by atoms with Crippen molar-refractivity contribution in [1.29, 1.82) is 0 Å². The lowest BCUT2D eigenvalue weighted by Gasteiger charge is -2.18. The summed E-state index contributed by atoms with van der Waals surface area (Å²) in [5, 5.41) is 4.19. The minimum Gasteiger partial charge on any atom is -0.496 e. The third-order valence-electron chi connectivity index (χ3n) is 5.02. The number of hydrogen-bond acceptors (Lipinski definition) is 6. The predicted octanol–water partition coefficient (Wildman–Crippen LogP) is 4.28. The van der Waals surface area contributed by atoms with E-state index in [1.807, 2.05) is 51.1 Å². The van der Waals surface area contributed by atoms with E-state index in [2.05, 4.69) is 10.1 Å². The number of ether oxygens (including phenoxy) is 3. The van der Waals surface area contributed by atoms with Crippen LogP contribution in [-0.4, -0.2) is 39.9 Å². The van der Waals surface area contributed by atoms with Gasteiger partial charge < -0.3 is 14.2 Å². The van der Waals surface area contributed by atoms with Crippen molar-refractivity contribution in [3.63, 3.8) is 0 Å². The number of rotatable bonds is 7. The van der Waals surface area contributed by atoms with E-state index < -0.39 is 0 Å². The maximum Gasteiger partial charge on any atom is 0.211 e. The van der Waals surface area contributed by atoms with Gasteiger partial charge in [-0.25, -0.2) is 9.67 Å². The standard InChI is InChI=1S/C24H25N3O4/c1-5-30-21-12-17(10-18-13-24(2,3)31-23(18)21)22(28)19(27-15-25-14-26-27)11-16-8-6-7-9-20(16)29-4/h6-12,14-15H,5,13H2,1-4H3. The Morgan fingerprint density at radius 3 is 2.77 bits per heavy atom. The number of methoxy groups -OCH3 is 1. The average molecular weight is 419 g/mol. The molecule has 0 fully saturated rings. The number of carbonyl (C=O) groups excluding carboxylic acids is 1. The number of hydrogen-bond donors (Lipinski definition) is 0. The highest BCUT2D eigenvalue weighted by atomic mass is 16.5. The van der Waals surface area contributed by atoms with Gasteiger partial charge in [0.1, 0.15) is 29.7 Å². The van der Waals surface area contributed by atoms with Crippen molar-refractivity contribution in [2.24, 2.45) is 0 Å². The molecule has 0 N–H and O–H groups in total. The maximum atomic E-state index is 13.7. The van der Waals surface area contributed by atoms with Gasteiger partial charge in [-0.1, -0.05) is 18.2 Å². The third-order valence-corrected chi connectivity index (χ3v) is 5.02. The molecule has 0 spiro atoms. The van der Waals surface area contributed by atoms with E-state index in [9.17, 15) is 4.79 Å². The van der Waals surface area contributed by atoms with Crippen molar-refractivity contribution < 1.29 is 19.0 Å². The Hall–Kier alpha value is -3.61. The zero-order valence-corrected chi connectivity index (χ0v) is 18.1. The first-order valence-electron chi connectivity index (χ1n) is 10.1. The minimum atomic E-state index is -0.349. The summed E-state index contributed by atoms with van der Waals surface area (Å²) in [6.07, 6.45) is 5.35. The number of para-hydroxylation sites is 1. The van der Waals surface area contributed by atoms with Crippen molar-refractivity contribution in [3.05, 3.63) is 65.7 Å². The molecular formula is C24H25N3O4. The summed E-state index contributed by atoms with van der Waals surface area (Å²) >= 11 is 0. The predicted molar refractivity (Wildman–Crippen MR) is 118 cm³/mol. The molecule has 31 heavy (non-hydrogen) atoms. The van der Waals surface area contributed by atoms with Gasteiger partial charge in [0.25, 0.3) is 0 Å². The molecule has 4 rings (SSSR count). The molecule has 0 atom stereocenters. The minimum absolute atomic E-state index is 0.204. The smallest absolute Gasteiger partial charge is 0.211 e. The fourth-order valence-corrected chi connectivity index (χ4v) is 3.72. The fraction of sp³-hybridized carbons (Fsp3) is 0.292. The number of nitrogens with zero attached hydrogens (tertiary/aromatic N) is 3. The van der Waals surface area contributed by atoms with Crippen molar-refractivity contribution in [1.82, 2.24) is 14.8 Å². The molecule has 0 saturated carbocycles. The largest absolute Gasteiger partial charge is 0.496 e. The monoisotopic (exact) mass is 419 g/mol. The summed E-state index contributed by atoms with van der Waals surface area (Å²) in [7, 11) is 1.60. The van der Waals surface area contributed by atoms with Crippen LogP contribution in [0.3, 0.4) is 0 Å². The lowest BCUT2D eigenvalue weighted by atomic mass is 9.97. The van der Waals surface area contributed by atoms with Crippen LogP contribution in [0.25, 0.3) is 11.8 Å². The lowest BCUT2D eigenvalue weighted by molar-refractivity contribution is 0.105. The van der Waals surface area contributed by atoms with Gasteiger partial charge in [-0.05, 0) is 45.0 Å². The van der Waals surface area contributed by atoms with Crippen LogP contribution in [0.1, 0.15) is 42.3 Å². The molecule has 2 heterocycles. The Morgan fingerprint density at radius 2 is 2.06 bits per heavy atom. The molecule has 1 aliphatic rings. The molecular weight excluding hydrogens is 394 g/mol. The van der Waals surface area contributed by atoms with E-state index in [1.165, 1.54) is 17.3 Å². The normalized spacial score (nSPS) is 14.6. The molecule has 7 nitrogen and oxygen atoms in total. The number of fused-ring (bicyclic) bond motifs is 1. The zero-order valence-electron chi connectivity index (χ0n) is 18.1. The summed E-state index contributed by atoms with van der Waals surface area (Å²) in [6, 6.07) is 11.1. The summed E-state index contributed by atoms with van der Waals surface area (Å²) in [4.78, 5) is 17.7. The number of allylic oxidation sites excluding steroid dienone is 1. The highest BCUT2D eigenvalue weighted by molar-refractivity contribution is 6.28. The maximum absolute atomic E-state index is 13.7. The van der Waals surface area contributed by atoms with E-state index in [1.54, 1.807) is 19.3 Å². The number of carbonyl (C=O) groups is 1. The first kappa shape index (κ1) is 20.7. The Bertz CT molecular complexity index is 1130. The molecule has 0 saturated heterocycles. The number of benzene rings is 2. The van der Waals surface area contributed by atoms with Crippen LogP contribution in [0.15, 0.2) is 49.1 Å². The Morgan fingerprint density at radius 1 is 1.26 bits per heavy atom. The Balaban J connectivity index is 1.82. The first-order chi connectivity index (χ1) is 14.9. The van der Waals surface area contributed by atoms with Gasteiger partial charge >= 0.3 is 0 Å². The fourth-order valence-electron chi connectivity index (χ4n) is 3.72.